The molecule has 2 heterocycles. The molecule has 1 N–H and O–H groups in total. The molecule has 0 fully saturated rings. The summed E-state index contributed by atoms with van der Waals surface area (Å²) in [6, 6.07) is 13.0. The third-order valence-corrected chi connectivity index (χ3v) is 5.39. The topological polar surface area (TPSA) is 87.6 Å². The van der Waals surface area contributed by atoms with Crippen molar-refractivity contribution in [2.75, 3.05) is 18.2 Å². The molecule has 1 unspecified atom stereocenters. The van der Waals surface area contributed by atoms with Gasteiger partial charge >= 0.3 is 0 Å². The van der Waals surface area contributed by atoms with Crippen LogP contribution in [0, 0.1) is 17.2 Å². The second-order valence-electron chi connectivity index (χ2n) is 6.14. The normalized spacial score (nSPS) is 19.0. The molecule has 144 valence electrons. The van der Waals surface area contributed by atoms with Gasteiger partial charge in [-0.1, -0.05) is 19.1 Å². The molecule has 3 rings (SSSR count). The number of ether oxygens (including phenoxy) is 1. The second-order valence-corrected chi connectivity index (χ2v) is 7.42. The Labute approximate surface area is 168 Å². The molecule has 7 heteroatoms. The van der Waals surface area contributed by atoms with Gasteiger partial charge in [-0.25, -0.2) is 4.99 Å². The van der Waals surface area contributed by atoms with Crippen LogP contribution < -0.4 is 10.1 Å². The number of nitriles is 1. The maximum Gasteiger partial charge on any atom is 0.254 e. The molecule has 2 atom stereocenters. The van der Waals surface area contributed by atoms with E-state index >= 15 is 0 Å². The van der Waals surface area contributed by atoms with E-state index in [1.807, 2.05) is 19.1 Å². The lowest BCUT2D eigenvalue weighted by molar-refractivity contribution is -0.113. The lowest BCUT2D eigenvalue weighted by Gasteiger charge is -2.28. The van der Waals surface area contributed by atoms with E-state index in [0.29, 0.717) is 33.5 Å². The van der Waals surface area contributed by atoms with Gasteiger partial charge in [0.25, 0.3) is 5.91 Å². The lowest BCUT2D eigenvalue weighted by atomic mass is 9.81. The Morgan fingerprint density at radius 1 is 1.36 bits per heavy atom. The molecule has 1 aromatic heterocycles. The standard InChI is InChI=1S/C21H21N3O3S/c1-4-28-21-14(12-22)19(17-10-7-11-27-17)18(13(2)23-21)20(25)24-15-8-5-6-9-16(15)26-3/h5-11,14,19H,4H2,1-3H3,(H,24,25)/t14?,19-/m0/s1. The predicted octanol–water partition coefficient (Wildman–Crippen LogP) is 4.59. The van der Waals surface area contributed by atoms with Gasteiger partial charge < -0.3 is 14.5 Å². The van der Waals surface area contributed by atoms with Gasteiger partial charge in [0.05, 0.1) is 41.7 Å². The minimum atomic E-state index is -0.585. The number of methoxy groups -OCH3 is 1. The summed E-state index contributed by atoms with van der Waals surface area (Å²) in [6.07, 6.45) is 1.55. The molecular formula is C21H21N3O3S. The molecule has 0 aliphatic carbocycles. The number of rotatable bonds is 5. The highest BCUT2D eigenvalue weighted by Crippen LogP contribution is 2.41. The van der Waals surface area contributed by atoms with Gasteiger partial charge in [0, 0.05) is 5.70 Å². The van der Waals surface area contributed by atoms with Crippen LogP contribution in [0.5, 0.6) is 5.75 Å². The van der Waals surface area contributed by atoms with E-state index in [4.69, 9.17) is 9.15 Å². The van der Waals surface area contributed by atoms with Crippen LogP contribution in [0.1, 0.15) is 25.5 Å². The molecule has 1 aliphatic heterocycles. The number of para-hydroxylation sites is 2. The molecule has 0 radical (unpaired) electrons. The van der Waals surface area contributed by atoms with Crippen molar-refractivity contribution in [1.82, 2.24) is 0 Å². The van der Waals surface area contributed by atoms with Crippen LogP contribution in [-0.2, 0) is 4.79 Å². The number of hydrogen-bond donors (Lipinski definition) is 1. The number of nitrogens with zero attached hydrogens (tertiary/aromatic N) is 2. The van der Waals surface area contributed by atoms with E-state index in [1.54, 1.807) is 44.6 Å². The predicted molar refractivity (Wildman–Crippen MR) is 110 cm³/mol. The minimum absolute atomic E-state index is 0.326. The van der Waals surface area contributed by atoms with E-state index in [0.717, 1.165) is 5.75 Å². The number of amides is 1. The maximum atomic E-state index is 13.2. The highest BCUT2D eigenvalue weighted by Gasteiger charge is 2.40. The van der Waals surface area contributed by atoms with Gasteiger partial charge in [0.2, 0.25) is 0 Å². The van der Waals surface area contributed by atoms with Crippen molar-refractivity contribution in [2.45, 2.75) is 19.8 Å². The van der Waals surface area contributed by atoms with Crippen molar-refractivity contribution >= 4 is 28.4 Å². The van der Waals surface area contributed by atoms with Crippen LogP contribution in [0.4, 0.5) is 5.69 Å². The number of hydrogen-bond acceptors (Lipinski definition) is 6. The molecule has 28 heavy (non-hydrogen) atoms. The van der Waals surface area contributed by atoms with Crippen molar-refractivity contribution < 1.29 is 13.9 Å². The Balaban J connectivity index is 2.05. The molecular weight excluding hydrogens is 374 g/mol. The number of thioether (sulfide) groups is 1. The Kier molecular flexibility index (Phi) is 6.22. The van der Waals surface area contributed by atoms with Crippen molar-refractivity contribution in [1.29, 1.82) is 5.26 Å². The molecule has 2 aromatic rings. The number of aliphatic imine (C=N–C) groups is 1. The summed E-state index contributed by atoms with van der Waals surface area (Å²) >= 11 is 1.51. The van der Waals surface area contributed by atoms with Gasteiger partial charge in [-0.05, 0) is 36.9 Å². The third kappa shape index (κ3) is 3.82. The van der Waals surface area contributed by atoms with Crippen molar-refractivity contribution in [3.05, 3.63) is 59.7 Å². The van der Waals surface area contributed by atoms with Crippen molar-refractivity contribution in [3.63, 3.8) is 0 Å². The molecule has 0 bridgehead atoms. The van der Waals surface area contributed by atoms with Gasteiger partial charge in [-0.2, -0.15) is 5.26 Å². The molecule has 1 amide bonds. The highest BCUT2D eigenvalue weighted by molar-refractivity contribution is 8.14. The van der Waals surface area contributed by atoms with Crippen LogP contribution in [-0.4, -0.2) is 23.8 Å². The average molecular weight is 395 g/mol. The van der Waals surface area contributed by atoms with Crippen molar-refractivity contribution in [3.8, 4) is 11.8 Å². The third-order valence-electron chi connectivity index (χ3n) is 4.46. The first-order valence-corrected chi connectivity index (χ1v) is 9.88. The SMILES string of the molecule is CCSC1=NC(C)=C(C(=O)Nc2ccccc2OC)[C@H](c2ccco2)C1C#N. The van der Waals surface area contributed by atoms with Crippen LogP contribution in [0.15, 0.2) is 63.3 Å². The molecule has 0 saturated carbocycles. The molecule has 1 aliphatic rings. The zero-order chi connectivity index (χ0) is 20.1. The highest BCUT2D eigenvalue weighted by atomic mass is 32.2. The van der Waals surface area contributed by atoms with E-state index in [2.05, 4.69) is 16.4 Å². The zero-order valence-corrected chi connectivity index (χ0v) is 16.7. The maximum absolute atomic E-state index is 13.2. The molecule has 1 aromatic carbocycles. The van der Waals surface area contributed by atoms with Gasteiger partial charge in [0.15, 0.2) is 0 Å². The summed E-state index contributed by atoms with van der Waals surface area (Å²) in [4.78, 5) is 17.8. The number of nitrogens with one attached hydrogen (secondary N) is 1. The quantitative estimate of drug-likeness (QED) is 0.800. The van der Waals surface area contributed by atoms with E-state index in [9.17, 15) is 10.1 Å². The number of carbonyl (C=O) groups excluding carboxylic acids is 1. The fourth-order valence-corrected chi connectivity index (χ4v) is 4.11. The average Bonchev–Trinajstić information content (AvgIpc) is 3.22. The number of carbonyl (C=O) groups is 1. The number of benzene rings is 1. The Bertz CT molecular complexity index is 958. The van der Waals surface area contributed by atoms with Crippen molar-refractivity contribution in [2.24, 2.45) is 10.9 Å². The van der Waals surface area contributed by atoms with Crippen LogP contribution in [0.2, 0.25) is 0 Å². The molecule has 6 nitrogen and oxygen atoms in total. The summed E-state index contributed by atoms with van der Waals surface area (Å²) in [7, 11) is 1.55. The van der Waals surface area contributed by atoms with Crippen LogP contribution in [0.3, 0.4) is 0 Å². The summed E-state index contributed by atoms with van der Waals surface area (Å²) in [6.45, 7) is 3.80. The number of allylic oxidation sites excluding steroid dienone is 1. The largest absolute Gasteiger partial charge is 0.495 e. The van der Waals surface area contributed by atoms with Crippen LogP contribution >= 0.6 is 11.8 Å². The second kappa shape index (κ2) is 8.81. The summed E-state index contributed by atoms with van der Waals surface area (Å²) in [5, 5.41) is 13.5. The Morgan fingerprint density at radius 3 is 2.79 bits per heavy atom. The van der Waals surface area contributed by atoms with Gasteiger partial charge in [-0.15, -0.1) is 11.8 Å². The Hall–Kier alpha value is -2.98. The summed E-state index contributed by atoms with van der Waals surface area (Å²) in [5.41, 5.74) is 1.56. The van der Waals surface area contributed by atoms with E-state index in [1.165, 1.54) is 11.8 Å². The van der Waals surface area contributed by atoms with E-state index < -0.39 is 11.8 Å². The first-order chi connectivity index (χ1) is 13.6. The number of anilines is 1. The fraction of sp³-hybridized carbons (Fsp3) is 0.286. The number of furan rings is 1. The summed E-state index contributed by atoms with van der Waals surface area (Å²) in [5.74, 6) is 0.479. The van der Waals surface area contributed by atoms with E-state index in [-0.39, 0.29) is 5.91 Å². The monoisotopic (exact) mass is 395 g/mol. The lowest BCUT2D eigenvalue weighted by Crippen LogP contribution is -2.31. The first-order valence-electron chi connectivity index (χ1n) is 8.90. The molecule has 0 spiro atoms. The van der Waals surface area contributed by atoms with Gasteiger partial charge in [0.1, 0.15) is 17.4 Å². The minimum Gasteiger partial charge on any atom is -0.495 e. The molecule has 0 saturated heterocycles. The van der Waals surface area contributed by atoms with Crippen LogP contribution in [0.25, 0.3) is 0 Å². The Morgan fingerprint density at radius 2 is 2.14 bits per heavy atom. The summed E-state index contributed by atoms with van der Waals surface area (Å²) < 4.78 is 10.9. The fourth-order valence-electron chi connectivity index (χ4n) is 3.25. The first kappa shape index (κ1) is 19.8. The smallest absolute Gasteiger partial charge is 0.254 e. The van der Waals surface area contributed by atoms with Gasteiger partial charge in [-0.3, -0.25) is 4.79 Å². The zero-order valence-electron chi connectivity index (χ0n) is 15.9.